The molecule has 0 saturated carbocycles. The van der Waals surface area contributed by atoms with Crippen LogP contribution in [0.1, 0.15) is 37.8 Å². The molecule has 2 aromatic carbocycles. The van der Waals surface area contributed by atoms with E-state index in [1.54, 1.807) is 0 Å². The molecule has 0 radical (unpaired) electrons. The van der Waals surface area contributed by atoms with Crippen molar-refractivity contribution in [1.82, 2.24) is 0 Å². The van der Waals surface area contributed by atoms with Crippen LogP contribution in [-0.4, -0.2) is 0 Å². The maximum Gasteiger partial charge on any atom is 1.00 e. The van der Waals surface area contributed by atoms with Crippen molar-refractivity contribution in [3.05, 3.63) is 77.7 Å². The monoisotopic (exact) mass is 260 g/mol. The van der Waals surface area contributed by atoms with E-state index < -0.39 is 0 Å². The van der Waals surface area contributed by atoms with Gasteiger partial charge in [0.15, 0.2) is 0 Å². The molecule has 1 heteroatoms. The number of hydrogen-bond acceptors (Lipinski definition) is 0. The molecule has 1 atom stereocenters. The van der Waals surface area contributed by atoms with Crippen molar-refractivity contribution in [2.24, 2.45) is 5.92 Å². The van der Waals surface area contributed by atoms with Gasteiger partial charge in [0.2, 0.25) is 0 Å². The molecule has 94 valence electrons. The van der Waals surface area contributed by atoms with Gasteiger partial charge in [-0.05, 0) is 5.92 Å². The Bertz CT molecular complexity index is 410. The summed E-state index contributed by atoms with van der Waals surface area (Å²) in [5.74, 6) is 2.19. The quantitative estimate of drug-likeness (QED) is 0.570. The van der Waals surface area contributed by atoms with Gasteiger partial charge in [0.05, 0.1) is 0 Å². The molecule has 0 amide bonds. The molecule has 0 aliphatic heterocycles. The summed E-state index contributed by atoms with van der Waals surface area (Å²) in [7, 11) is 0. The Morgan fingerprint density at radius 1 is 0.842 bits per heavy atom. The van der Waals surface area contributed by atoms with E-state index in [2.05, 4.69) is 74.5 Å². The van der Waals surface area contributed by atoms with E-state index in [1.807, 2.05) is 0 Å². The topological polar surface area (TPSA) is 0 Å². The molecule has 1 unspecified atom stereocenters. The van der Waals surface area contributed by atoms with Crippen LogP contribution < -0.4 is 29.6 Å². The Kier molecular flexibility index (Phi) is 7.30. The number of benzene rings is 2. The second kappa shape index (κ2) is 8.47. The van der Waals surface area contributed by atoms with Crippen LogP contribution in [0.25, 0.3) is 0 Å². The molecule has 19 heavy (non-hydrogen) atoms. The van der Waals surface area contributed by atoms with Gasteiger partial charge in [0.1, 0.15) is 0 Å². The second-order valence-corrected chi connectivity index (χ2v) is 4.93. The average molecular weight is 260 g/mol. The summed E-state index contributed by atoms with van der Waals surface area (Å²) in [4.78, 5) is 0. The Morgan fingerprint density at radius 3 is 1.63 bits per heavy atom. The molecule has 0 fully saturated rings. The number of rotatable bonds is 5. The first-order valence-corrected chi connectivity index (χ1v) is 6.78. The first kappa shape index (κ1) is 16.4. The third kappa shape index (κ3) is 4.72. The molecule has 0 bridgehead atoms. The largest absolute Gasteiger partial charge is 1.00 e. The van der Waals surface area contributed by atoms with Gasteiger partial charge in [-0.2, -0.15) is 0 Å². The fourth-order valence-corrected chi connectivity index (χ4v) is 2.17. The van der Waals surface area contributed by atoms with E-state index in [4.69, 9.17) is 0 Å². The fourth-order valence-electron chi connectivity index (χ4n) is 2.17. The van der Waals surface area contributed by atoms with Gasteiger partial charge in [-0.3, -0.25) is 0 Å². The minimum absolute atomic E-state index is 0. The maximum absolute atomic E-state index is 2.33. The van der Waals surface area contributed by atoms with Crippen molar-refractivity contribution in [2.45, 2.75) is 26.7 Å². The summed E-state index contributed by atoms with van der Waals surface area (Å²) in [5.41, 5.74) is 2.70. The molecular weight excluding hydrogens is 239 g/mol. The minimum Gasteiger partial charge on any atom is -0.120 e. The smallest absolute Gasteiger partial charge is 0.120 e. The Hall–Kier alpha value is -0.690. The first-order chi connectivity index (χ1) is 8.81. The summed E-state index contributed by atoms with van der Waals surface area (Å²) in [6.45, 7) is 4.59. The third-order valence-electron chi connectivity index (χ3n) is 3.49. The SMILES string of the molecule is CCC(C)C[C-](c1ccccc1)c1ccccc1.[Na+]. The zero-order chi connectivity index (χ0) is 12.8. The summed E-state index contributed by atoms with van der Waals surface area (Å²) in [5, 5.41) is 0. The molecule has 0 aliphatic rings. The van der Waals surface area contributed by atoms with Gasteiger partial charge >= 0.3 is 29.6 Å². The fraction of sp³-hybridized carbons (Fsp3) is 0.278. The predicted octanol–water partition coefficient (Wildman–Crippen LogP) is 2.10. The van der Waals surface area contributed by atoms with Crippen LogP contribution in [0, 0.1) is 11.8 Å². The van der Waals surface area contributed by atoms with Crippen LogP contribution in [0.4, 0.5) is 0 Å². The van der Waals surface area contributed by atoms with Gasteiger partial charge in [0.25, 0.3) is 0 Å². The molecule has 0 aliphatic carbocycles. The van der Waals surface area contributed by atoms with E-state index in [9.17, 15) is 0 Å². The number of hydrogen-bond donors (Lipinski definition) is 0. The van der Waals surface area contributed by atoms with Crippen molar-refractivity contribution in [3.63, 3.8) is 0 Å². The molecule has 0 N–H and O–H groups in total. The van der Waals surface area contributed by atoms with E-state index >= 15 is 0 Å². The minimum atomic E-state index is 0. The van der Waals surface area contributed by atoms with Crippen molar-refractivity contribution in [3.8, 4) is 0 Å². The van der Waals surface area contributed by atoms with Gasteiger partial charge in [-0.25, -0.2) is 0 Å². The molecular formula is C18H21Na. The molecule has 0 heterocycles. The molecule has 0 aromatic heterocycles. The van der Waals surface area contributed by atoms with Crippen LogP contribution in [0.2, 0.25) is 0 Å². The maximum atomic E-state index is 2.33. The molecule has 2 aromatic rings. The summed E-state index contributed by atoms with van der Waals surface area (Å²) in [6, 6.07) is 21.5. The summed E-state index contributed by atoms with van der Waals surface area (Å²) in [6.07, 6.45) is 2.37. The van der Waals surface area contributed by atoms with Crippen LogP contribution in [0.15, 0.2) is 60.7 Å². The van der Waals surface area contributed by atoms with Crippen LogP contribution in [0.5, 0.6) is 0 Å². The van der Waals surface area contributed by atoms with E-state index in [-0.39, 0.29) is 29.6 Å². The Balaban J connectivity index is 0.00000180. The third-order valence-corrected chi connectivity index (χ3v) is 3.49. The zero-order valence-electron chi connectivity index (χ0n) is 12.3. The predicted molar refractivity (Wildman–Crippen MR) is 78.4 cm³/mol. The van der Waals surface area contributed by atoms with Gasteiger partial charge in [-0.1, -0.05) is 63.1 Å². The van der Waals surface area contributed by atoms with E-state index in [1.165, 1.54) is 23.5 Å². The molecule has 0 spiro atoms. The van der Waals surface area contributed by atoms with Crippen LogP contribution in [-0.2, 0) is 0 Å². The van der Waals surface area contributed by atoms with Crippen molar-refractivity contribution >= 4 is 0 Å². The summed E-state index contributed by atoms with van der Waals surface area (Å²) < 4.78 is 0. The van der Waals surface area contributed by atoms with E-state index in [0.717, 1.165) is 12.3 Å². The van der Waals surface area contributed by atoms with E-state index in [0.29, 0.717) is 0 Å². The second-order valence-electron chi connectivity index (χ2n) is 4.93. The normalized spacial score (nSPS) is 11.5. The zero-order valence-corrected chi connectivity index (χ0v) is 14.3. The summed E-state index contributed by atoms with van der Waals surface area (Å²) >= 11 is 0. The Morgan fingerprint density at radius 2 is 1.26 bits per heavy atom. The van der Waals surface area contributed by atoms with Crippen molar-refractivity contribution in [2.75, 3.05) is 0 Å². The molecule has 2 rings (SSSR count). The molecule has 0 saturated heterocycles. The van der Waals surface area contributed by atoms with Gasteiger partial charge < -0.3 is 0 Å². The molecule has 0 nitrogen and oxygen atoms in total. The average Bonchev–Trinajstić information content (AvgIpc) is 2.46. The van der Waals surface area contributed by atoms with Gasteiger partial charge in [0, 0.05) is 0 Å². The van der Waals surface area contributed by atoms with Crippen LogP contribution >= 0.6 is 0 Å². The first-order valence-electron chi connectivity index (χ1n) is 6.78. The van der Waals surface area contributed by atoms with Gasteiger partial charge in [-0.15, -0.1) is 41.3 Å². The van der Waals surface area contributed by atoms with Crippen molar-refractivity contribution in [1.29, 1.82) is 0 Å². The van der Waals surface area contributed by atoms with Crippen molar-refractivity contribution < 1.29 is 29.6 Å². The van der Waals surface area contributed by atoms with Crippen LogP contribution in [0.3, 0.4) is 0 Å². The Labute approximate surface area is 139 Å². The standard InChI is InChI=1S/C18H21.Na/c1-3-15(2)14-18(16-10-6-4-7-11-16)17-12-8-5-9-13-17;/h4-13,15H,3,14H2,1-2H3;/q-1;+1.